The molecule has 0 spiro atoms. The van der Waals surface area contributed by atoms with E-state index in [2.05, 4.69) is 34.9 Å². The maximum Gasteiger partial charge on any atom is 0.323 e. The second-order valence-electron chi connectivity index (χ2n) is 12.1. The highest BCUT2D eigenvalue weighted by Crippen LogP contribution is 2.41. The van der Waals surface area contributed by atoms with Gasteiger partial charge in [-0.2, -0.15) is 0 Å². The molecular weight excluding hydrogens is 632 g/mol. The minimum absolute atomic E-state index is 0.137. The number of halogens is 1. The van der Waals surface area contributed by atoms with Gasteiger partial charge in [-0.3, -0.25) is 14.9 Å². The normalized spacial score (nSPS) is 13.5. The lowest BCUT2D eigenvalue weighted by Crippen LogP contribution is -2.53. The molecule has 5 aromatic rings. The van der Waals surface area contributed by atoms with Crippen LogP contribution in [-0.4, -0.2) is 31.1 Å². The molecule has 0 aliphatic carbocycles. The Balaban J connectivity index is 1.47. The summed E-state index contributed by atoms with van der Waals surface area (Å²) in [6, 6.07) is 43.9. The van der Waals surface area contributed by atoms with Crippen LogP contribution in [0.1, 0.15) is 52.6 Å². The molecule has 6 nitrogen and oxygen atoms in total. The van der Waals surface area contributed by atoms with Crippen LogP contribution in [0.15, 0.2) is 140 Å². The first kappa shape index (κ1) is 35.6. The van der Waals surface area contributed by atoms with Crippen molar-refractivity contribution in [2.75, 3.05) is 7.05 Å². The zero-order valence-corrected chi connectivity index (χ0v) is 28.7. The van der Waals surface area contributed by atoms with Gasteiger partial charge >= 0.3 is 11.9 Å². The van der Waals surface area contributed by atoms with E-state index in [4.69, 9.17) is 21.1 Å². The average Bonchev–Trinajstić information content (AvgIpc) is 3.15. The van der Waals surface area contributed by atoms with E-state index < -0.39 is 23.6 Å². The molecule has 0 saturated heterocycles. The van der Waals surface area contributed by atoms with Crippen LogP contribution in [0.3, 0.4) is 0 Å². The summed E-state index contributed by atoms with van der Waals surface area (Å²) in [5.74, 6) is -0.729. The van der Waals surface area contributed by atoms with Gasteiger partial charge in [-0.05, 0) is 67.1 Å². The number of esters is 2. The van der Waals surface area contributed by atoms with Crippen LogP contribution in [0.2, 0.25) is 5.02 Å². The molecule has 3 unspecified atom stereocenters. The Morgan fingerprint density at radius 2 is 1.10 bits per heavy atom. The van der Waals surface area contributed by atoms with E-state index in [1.165, 1.54) is 0 Å². The van der Waals surface area contributed by atoms with Crippen molar-refractivity contribution in [3.8, 4) is 0 Å². The third kappa shape index (κ3) is 9.24. The van der Waals surface area contributed by atoms with E-state index in [0.717, 1.165) is 33.4 Å². The number of rotatable bonds is 16. The van der Waals surface area contributed by atoms with Crippen molar-refractivity contribution < 1.29 is 19.1 Å². The van der Waals surface area contributed by atoms with Crippen LogP contribution in [-0.2, 0) is 37.8 Å². The van der Waals surface area contributed by atoms with E-state index in [1.807, 2.05) is 122 Å². The Morgan fingerprint density at radius 3 is 1.65 bits per heavy atom. The first-order chi connectivity index (χ1) is 23.9. The van der Waals surface area contributed by atoms with Crippen molar-refractivity contribution in [1.82, 2.24) is 10.6 Å². The third-order valence-corrected chi connectivity index (χ3v) is 9.04. The molecule has 3 atom stereocenters. The highest BCUT2D eigenvalue weighted by atomic mass is 35.5. The van der Waals surface area contributed by atoms with E-state index in [0.29, 0.717) is 24.3 Å². The molecule has 0 fully saturated rings. The number of carbonyl (C=O) groups is 2. The summed E-state index contributed by atoms with van der Waals surface area (Å²) in [6.07, 6.45) is 1.39. The smallest absolute Gasteiger partial charge is 0.323 e. The van der Waals surface area contributed by atoms with Crippen molar-refractivity contribution in [1.29, 1.82) is 0 Å². The van der Waals surface area contributed by atoms with Crippen molar-refractivity contribution in [3.63, 3.8) is 0 Å². The number of nitrogens with one attached hydrogen (secondary N) is 2. The standard InChI is InChI=1S/C42H43ClN2O4/c1-31-25-27-35(28-26-31)42(34-19-10-5-11-20-34,36-21-12-13-22-37(36)43)45-39(41(47)49-30-33-17-8-4-9-18-33)24-14-23-38(44-2)40(46)48-29-32-15-6-3-7-16-32/h3-13,15-22,25-28,38-39,44-45H,14,23-24,29-30H2,1-2H3. The molecule has 0 amide bonds. The monoisotopic (exact) mass is 674 g/mol. The van der Waals surface area contributed by atoms with Crippen molar-refractivity contribution in [3.05, 3.63) is 178 Å². The third-order valence-electron chi connectivity index (χ3n) is 8.71. The zero-order valence-electron chi connectivity index (χ0n) is 28.0. The van der Waals surface area contributed by atoms with Gasteiger partial charge in [0, 0.05) is 5.02 Å². The number of benzene rings is 5. The van der Waals surface area contributed by atoms with Crippen LogP contribution >= 0.6 is 11.6 Å². The molecule has 0 bridgehead atoms. The number of carbonyl (C=O) groups excluding carboxylic acids is 2. The van der Waals surface area contributed by atoms with Gasteiger partial charge in [0.15, 0.2) is 0 Å². The maximum absolute atomic E-state index is 14.1. The topological polar surface area (TPSA) is 76.7 Å². The van der Waals surface area contributed by atoms with Crippen molar-refractivity contribution >= 4 is 23.5 Å². The molecule has 0 saturated carbocycles. The SMILES string of the molecule is CNC(CCCC(NC(c1ccccc1)(c1ccc(C)cc1)c1ccccc1Cl)C(=O)OCc1ccccc1)C(=O)OCc1ccccc1. The van der Waals surface area contributed by atoms with Crippen LogP contribution < -0.4 is 10.6 Å². The van der Waals surface area contributed by atoms with Crippen molar-refractivity contribution in [2.45, 2.75) is 57.0 Å². The van der Waals surface area contributed by atoms with Crippen molar-refractivity contribution in [2.24, 2.45) is 0 Å². The van der Waals surface area contributed by atoms with Crippen LogP contribution in [0.25, 0.3) is 0 Å². The Hall–Kier alpha value is -4.75. The summed E-state index contributed by atoms with van der Waals surface area (Å²) in [5, 5.41) is 7.44. The lowest BCUT2D eigenvalue weighted by atomic mass is 9.76. The molecule has 0 radical (unpaired) electrons. The molecule has 0 aliphatic heterocycles. The largest absolute Gasteiger partial charge is 0.460 e. The quantitative estimate of drug-likeness (QED) is 0.0813. The zero-order chi connectivity index (χ0) is 34.5. The molecule has 5 rings (SSSR count). The number of likely N-dealkylation sites (N-methyl/N-ethyl adjacent to an activating group) is 1. The van der Waals surface area contributed by atoms with Crippen LogP contribution in [0, 0.1) is 6.92 Å². The second-order valence-corrected chi connectivity index (χ2v) is 12.5. The Kier molecular flexibility index (Phi) is 12.8. The van der Waals surface area contributed by atoms with Gasteiger partial charge in [0.25, 0.3) is 0 Å². The van der Waals surface area contributed by atoms with Gasteiger partial charge in [-0.1, -0.05) is 151 Å². The van der Waals surface area contributed by atoms with Gasteiger partial charge in [0.2, 0.25) is 0 Å². The summed E-state index contributed by atoms with van der Waals surface area (Å²) in [5.41, 5.74) is 4.57. The van der Waals surface area contributed by atoms with Crippen LogP contribution in [0.5, 0.6) is 0 Å². The fourth-order valence-electron chi connectivity index (χ4n) is 6.05. The Morgan fingerprint density at radius 1 is 0.633 bits per heavy atom. The second kappa shape index (κ2) is 17.6. The molecule has 0 aromatic heterocycles. The first-order valence-electron chi connectivity index (χ1n) is 16.6. The lowest BCUT2D eigenvalue weighted by molar-refractivity contribution is -0.148. The molecule has 252 valence electrons. The minimum atomic E-state index is -1.01. The van der Waals surface area contributed by atoms with Gasteiger partial charge < -0.3 is 14.8 Å². The summed E-state index contributed by atoms with van der Waals surface area (Å²) < 4.78 is 11.6. The molecule has 0 heterocycles. The van der Waals surface area contributed by atoms with Gasteiger partial charge in [-0.15, -0.1) is 0 Å². The Bertz CT molecular complexity index is 1770. The molecule has 0 aliphatic rings. The molecule has 7 heteroatoms. The fourth-order valence-corrected chi connectivity index (χ4v) is 6.33. The predicted octanol–water partition coefficient (Wildman–Crippen LogP) is 8.14. The van der Waals surface area contributed by atoms with Gasteiger partial charge in [-0.25, -0.2) is 0 Å². The average molecular weight is 675 g/mol. The molecule has 49 heavy (non-hydrogen) atoms. The van der Waals surface area contributed by atoms with E-state index in [-0.39, 0.29) is 19.2 Å². The Labute approximate surface area is 294 Å². The predicted molar refractivity (Wildman–Crippen MR) is 195 cm³/mol. The number of hydrogen-bond acceptors (Lipinski definition) is 6. The summed E-state index contributed by atoms with van der Waals surface area (Å²) >= 11 is 7.00. The fraction of sp³-hybridized carbons (Fsp3) is 0.238. The first-order valence-corrected chi connectivity index (χ1v) is 17.0. The maximum atomic E-state index is 14.1. The molecular formula is C42H43ClN2O4. The highest BCUT2D eigenvalue weighted by molar-refractivity contribution is 6.31. The highest BCUT2D eigenvalue weighted by Gasteiger charge is 2.41. The summed E-state index contributed by atoms with van der Waals surface area (Å²) in [7, 11) is 1.74. The van der Waals surface area contributed by atoms with Gasteiger partial charge in [0.05, 0.1) is 5.54 Å². The molecule has 5 aromatic carbocycles. The summed E-state index contributed by atoms with van der Waals surface area (Å²) in [4.78, 5) is 27.2. The number of hydrogen-bond donors (Lipinski definition) is 2. The number of aryl methyl sites for hydroxylation is 1. The van der Waals surface area contributed by atoms with E-state index >= 15 is 0 Å². The van der Waals surface area contributed by atoms with E-state index in [1.54, 1.807) is 7.05 Å². The summed E-state index contributed by atoms with van der Waals surface area (Å²) in [6.45, 7) is 2.38. The lowest BCUT2D eigenvalue weighted by Gasteiger charge is -2.40. The van der Waals surface area contributed by atoms with Crippen LogP contribution in [0.4, 0.5) is 0 Å². The minimum Gasteiger partial charge on any atom is -0.460 e. The number of ether oxygens (including phenoxy) is 2. The van der Waals surface area contributed by atoms with Gasteiger partial charge in [0.1, 0.15) is 25.3 Å². The molecule has 2 N–H and O–H groups in total. The van der Waals surface area contributed by atoms with E-state index in [9.17, 15) is 9.59 Å².